The number of nitro groups is 1. The van der Waals surface area contributed by atoms with E-state index in [0.717, 1.165) is 0 Å². The van der Waals surface area contributed by atoms with E-state index in [4.69, 9.17) is 9.47 Å². The van der Waals surface area contributed by atoms with Crippen LogP contribution in [-0.4, -0.2) is 29.0 Å². The maximum atomic E-state index is 10.8. The molecule has 0 saturated heterocycles. The molecule has 0 radical (unpaired) electrons. The van der Waals surface area contributed by atoms with Crippen molar-refractivity contribution in [3.8, 4) is 17.4 Å². The van der Waals surface area contributed by atoms with Gasteiger partial charge in [-0.2, -0.15) is 4.98 Å². The smallest absolute Gasteiger partial charge is 0.273 e. The Kier molecular flexibility index (Phi) is 4.53. The molecule has 0 fully saturated rings. The van der Waals surface area contributed by atoms with E-state index in [1.165, 1.54) is 31.6 Å². The molecule has 0 bridgehead atoms. The Labute approximate surface area is 128 Å². The molecule has 0 spiro atoms. The average Bonchev–Trinajstić information content (AvgIpc) is 2.48. The number of non-ortho nitro benzene ring substituents is 1. The van der Waals surface area contributed by atoms with Crippen LogP contribution >= 0.6 is 15.9 Å². The Morgan fingerprint density at radius 3 is 2.76 bits per heavy atom. The summed E-state index contributed by atoms with van der Waals surface area (Å²) in [7, 11) is 3.13. The molecular weight excluding hydrogens is 344 g/mol. The van der Waals surface area contributed by atoms with Gasteiger partial charge in [-0.25, -0.2) is 4.98 Å². The van der Waals surface area contributed by atoms with E-state index in [2.05, 4.69) is 31.2 Å². The molecule has 0 atom stereocenters. The number of rotatable bonds is 5. The molecule has 21 heavy (non-hydrogen) atoms. The lowest BCUT2D eigenvalue weighted by molar-refractivity contribution is -0.384. The largest absolute Gasteiger partial charge is 0.489 e. The number of methoxy groups -OCH3 is 1. The Morgan fingerprint density at radius 2 is 2.14 bits per heavy atom. The van der Waals surface area contributed by atoms with Crippen LogP contribution in [-0.2, 0) is 0 Å². The molecule has 1 aromatic heterocycles. The Morgan fingerprint density at radius 1 is 1.38 bits per heavy atom. The van der Waals surface area contributed by atoms with Crippen LogP contribution in [0.3, 0.4) is 0 Å². The second-order valence-corrected chi connectivity index (χ2v) is 4.64. The molecule has 1 heterocycles. The minimum Gasteiger partial charge on any atom is -0.489 e. The monoisotopic (exact) mass is 354 g/mol. The van der Waals surface area contributed by atoms with E-state index in [1.807, 2.05) is 0 Å². The first-order chi connectivity index (χ1) is 10.1. The van der Waals surface area contributed by atoms with Crippen LogP contribution in [0.15, 0.2) is 29.0 Å². The molecule has 0 aliphatic carbocycles. The highest BCUT2D eigenvalue weighted by atomic mass is 79.9. The van der Waals surface area contributed by atoms with Crippen molar-refractivity contribution in [1.82, 2.24) is 9.97 Å². The number of hydrogen-bond acceptors (Lipinski definition) is 7. The number of benzene rings is 1. The van der Waals surface area contributed by atoms with Crippen molar-refractivity contribution < 1.29 is 14.4 Å². The van der Waals surface area contributed by atoms with Gasteiger partial charge >= 0.3 is 0 Å². The molecule has 8 nitrogen and oxygen atoms in total. The fourth-order valence-corrected chi connectivity index (χ4v) is 1.91. The van der Waals surface area contributed by atoms with Crippen molar-refractivity contribution in [1.29, 1.82) is 0 Å². The van der Waals surface area contributed by atoms with Gasteiger partial charge in [-0.05, 0) is 22.0 Å². The van der Waals surface area contributed by atoms with Gasteiger partial charge in [0.1, 0.15) is 6.33 Å². The van der Waals surface area contributed by atoms with Gasteiger partial charge in [0.05, 0.1) is 22.6 Å². The standard InChI is InChI=1S/C12H11BrN4O4/c1-14-11-10(20-2)12(16-6-15-11)21-9-5-7(17(18)19)3-4-8(9)13/h3-6H,1-2H3,(H,14,15,16). The number of nitro benzene ring substituents is 1. The molecule has 0 saturated carbocycles. The lowest BCUT2D eigenvalue weighted by atomic mass is 10.3. The topological polar surface area (TPSA) is 99.4 Å². The SMILES string of the molecule is CNc1ncnc(Oc2cc([N+](=O)[O-])ccc2Br)c1OC. The fraction of sp³-hybridized carbons (Fsp3) is 0.167. The maximum Gasteiger partial charge on any atom is 0.273 e. The van der Waals surface area contributed by atoms with Crippen LogP contribution in [0, 0.1) is 10.1 Å². The van der Waals surface area contributed by atoms with Crippen LogP contribution in [0.4, 0.5) is 11.5 Å². The summed E-state index contributed by atoms with van der Waals surface area (Å²) < 4.78 is 11.3. The number of aromatic nitrogens is 2. The van der Waals surface area contributed by atoms with Crippen LogP contribution in [0.5, 0.6) is 17.4 Å². The zero-order valence-electron chi connectivity index (χ0n) is 11.2. The lowest BCUT2D eigenvalue weighted by Crippen LogP contribution is -2.01. The van der Waals surface area contributed by atoms with Crippen LogP contribution in [0.25, 0.3) is 0 Å². The van der Waals surface area contributed by atoms with Crippen molar-refractivity contribution >= 4 is 27.4 Å². The Balaban J connectivity index is 2.43. The molecular formula is C12H11BrN4O4. The van der Waals surface area contributed by atoms with E-state index in [-0.39, 0.29) is 17.3 Å². The van der Waals surface area contributed by atoms with Crippen LogP contribution in [0.1, 0.15) is 0 Å². The molecule has 0 unspecified atom stereocenters. The molecule has 110 valence electrons. The Bertz CT molecular complexity index is 680. The minimum atomic E-state index is -0.504. The fourth-order valence-electron chi connectivity index (χ4n) is 1.58. The molecule has 2 rings (SSSR count). The molecule has 0 aliphatic rings. The number of ether oxygens (including phenoxy) is 2. The average molecular weight is 355 g/mol. The first-order valence-corrected chi connectivity index (χ1v) is 6.54. The molecule has 9 heteroatoms. The first kappa shape index (κ1) is 15.0. The quantitative estimate of drug-likeness (QED) is 0.650. The zero-order chi connectivity index (χ0) is 15.4. The summed E-state index contributed by atoms with van der Waals surface area (Å²) in [5.74, 6) is 1.16. The number of nitrogens with one attached hydrogen (secondary N) is 1. The van der Waals surface area contributed by atoms with Crippen molar-refractivity contribution in [3.63, 3.8) is 0 Å². The summed E-state index contributed by atoms with van der Waals surface area (Å²) in [6, 6.07) is 4.19. The lowest BCUT2D eigenvalue weighted by Gasteiger charge is -2.12. The molecule has 1 aromatic carbocycles. The minimum absolute atomic E-state index is 0.0879. The number of hydrogen-bond donors (Lipinski definition) is 1. The second kappa shape index (κ2) is 6.35. The van der Waals surface area contributed by atoms with Gasteiger partial charge in [0, 0.05) is 13.1 Å². The molecule has 0 amide bonds. The highest BCUT2D eigenvalue weighted by Gasteiger charge is 2.17. The van der Waals surface area contributed by atoms with E-state index in [9.17, 15) is 10.1 Å². The third-order valence-corrected chi connectivity index (χ3v) is 3.20. The summed E-state index contributed by atoms with van der Waals surface area (Å²) in [4.78, 5) is 18.3. The van der Waals surface area contributed by atoms with Gasteiger partial charge in [-0.3, -0.25) is 10.1 Å². The van der Waals surface area contributed by atoms with Gasteiger partial charge in [-0.1, -0.05) is 0 Å². The van der Waals surface area contributed by atoms with Crippen molar-refractivity contribution in [2.45, 2.75) is 0 Å². The van der Waals surface area contributed by atoms with Gasteiger partial charge in [0.15, 0.2) is 11.6 Å². The van der Waals surface area contributed by atoms with Crippen LogP contribution in [0.2, 0.25) is 0 Å². The van der Waals surface area contributed by atoms with Crippen molar-refractivity contribution in [2.75, 3.05) is 19.5 Å². The zero-order valence-corrected chi connectivity index (χ0v) is 12.7. The summed E-state index contributed by atoms with van der Waals surface area (Å²) in [5, 5.41) is 13.7. The summed E-state index contributed by atoms with van der Waals surface area (Å²) in [6.07, 6.45) is 1.30. The predicted octanol–water partition coefficient (Wildman–Crippen LogP) is 2.99. The molecule has 1 N–H and O–H groups in total. The molecule has 0 aliphatic heterocycles. The van der Waals surface area contributed by atoms with E-state index < -0.39 is 4.92 Å². The second-order valence-electron chi connectivity index (χ2n) is 3.78. The maximum absolute atomic E-state index is 10.8. The summed E-state index contributed by atoms with van der Waals surface area (Å²) in [5.41, 5.74) is -0.0879. The third kappa shape index (κ3) is 3.19. The van der Waals surface area contributed by atoms with E-state index >= 15 is 0 Å². The predicted molar refractivity (Wildman–Crippen MR) is 79.0 cm³/mol. The van der Waals surface area contributed by atoms with Gasteiger partial charge < -0.3 is 14.8 Å². The summed E-state index contributed by atoms with van der Waals surface area (Å²) >= 11 is 3.27. The van der Waals surface area contributed by atoms with Gasteiger partial charge in [-0.15, -0.1) is 0 Å². The number of anilines is 1. The van der Waals surface area contributed by atoms with Crippen molar-refractivity contribution in [2.24, 2.45) is 0 Å². The summed E-state index contributed by atoms with van der Waals surface area (Å²) in [6.45, 7) is 0. The van der Waals surface area contributed by atoms with Gasteiger partial charge in [0.2, 0.25) is 5.75 Å². The van der Waals surface area contributed by atoms with Gasteiger partial charge in [0.25, 0.3) is 11.6 Å². The highest BCUT2D eigenvalue weighted by molar-refractivity contribution is 9.10. The number of nitrogens with zero attached hydrogens (tertiary/aromatic N) is 3. The normalized spacial score (nSPS) is 10.0. The third-order valence-electron chi connectivity index (χ3n) is 2.54. The first-order valence-electron chi connectivity index (χ1n) is 5.75. The molecule has 2 aromatic rings. The van der Waals surface area contributed by atoms with E-state index in [1.54, 1.807) is 7.05 Å². The Hall–Kier alpha value is -2.42. The van der Waals surface area contributed by atoms with E-state index in [0.29, 0.717) is 16.0 Å². The highest BCUT2D eigenvalue weighted by Crippen LogP contribution is 2.37. The number of halogens is 1. The van der Waals surface area contributed by atoms with Crippen molar-refractivity contribution in [3.05, 3.63) is 39.1 Å². The van der Waals surface area contributed by atoms with Crippen LogP contribution < -0.4 is 14.8 Å².